The Morgan fingerprint density at radius 3 is 3.00 bits per heavy atom. The van der Waals surface area contributed by atoms with E-state index in [-0.39, 0.29) is 18.2 Å². The highest BCUT2D eigenvalue weighted by atomic mass is 16.3. The Kier molecular flexibility index (Phi) is 3.34. The van der Waals surface area contributed by atoms with Crippen molar-refractivity contribution in [3.05, 3.63) is 30.1 Å². The normalized spacial score (nSPS) is 27.9. The Hall–Kier alpha value is -0.930. The first-order chi connectivity index (χ1) is 7.27. The van der Waals surface area contributed by atoms with Crippen LogP contribution in [0.1, 0.15) is 37.8 Å². The van der Waals surface area contributed by atoms with Crippen LogP contribution >= 0.6 is 0 Å². The highest BCUT2D eigenvalue weighted by molar-refractivity contribution is 5.13. The van der Waals surface area contributed by atoms with Crippen LogP contribution in [0.5, 0.6) is 0 Å². The maximum atomic E-state index is 9.71. The van der Waals surface area contributed by atoms with Gasteiger partial charge in [-0.25, -0.2) is 0 Å². The first-order valence-corrected chi connectivity index (χ1v) is 5.61. The van der Waals surface area contributed by atoms with Crippen LogP contribution < -0.4 is 5.32 Å². The summed E-state index contributed by atoms with van der Waals surface area (Å²) in [6.07, 6.45) is 6.60. The van der Waals surface area contributed by atoms with E-state index in [4.69, 9.17) is 0 Å². The van der Waals surface area contributed by atoms with Gasteiger partial charge in [-0.3, -0.25) is 4.98 Å². The molecule has 3 nitrogen and oxygen atoms in total. The Labute approximate surface area is 90.5 Å². The van der Waals surface area contributed by atoms with Crippen LogP contribution in [-0.4, -0.2) is 22.2 Å². The number of pyridine rings is 1. The molecule has 0 amide bonds. The molecule has 1 aliphatic rings. The topological polar surface area (TPSA) is 45.1 Å². The molecule has 82 valence electrons. The average Bonchev–Trinajstić information content (AvgIpc) is 2.66. The third kappa shape index (κ3) is 2.55. The molecular formula is C12H18N2O. The van der Waals surface area contributed by atoms with E-state index in [1.165, 1.54) is 5.56 Å². The highest BCUT2D eigenvalue weighted by Crippen LogP contribution is 2.22. The van der Waals surface area contributed by atoms with Crippen LogP contribution in [0.25, 0.3) is 0 Å². The van der Waals surface area contributed by atoms with Crippen molar-refractivity contribution in [2.45, 2.75) is 44.4 Å². The van der Waals surface area contributed by atoms with Crippen molar-refractivity contribution in [3.63, 3.8) is 0 Å². The predicted molar refractivity (Wildman–Crippen MR) is 59.4 cm³/mol. The van der Waals surface area contributed by atoms with Crippen molar-refractivity contribution >= 4 is 0 Å². The molecule has 1 fully saturated rings. The van der Waals surface area contributed by atoms with Gasteiger partial charge in [0.05, 0.1) is 6.10 Å². The van der Waals surface area contributed by atoms with E-state index in [1.54, 1.807) is 6.20 Å². The molecule has 2 rings (SSSR count). The fourth-order valence-electron chi connectivity index (χ4n) is 2.18. The first kappa shape index (κ1) is 10.6. The highest BCUT2D eigenvalue weighted by Gasteiger charge is 2.26. The van der Waals surface area contributed by atoms with Crippen molar-refractivity contribution in [3.8, 4) is 0 Å². The van der Waals surface area contributed by atoms with Gasteiger partial charge in [-0.2, -0.15) is 0 Å². The van der Waals surface area contributed by atoms with Gasteiger partial charge >= 0.3 is 0 Å². The van der Waals surface area contributed by atoms with Gasteiger partial charge < -0.3 is 10.4 Å². The molecule has 0 bridgehead atoms. The maximum Gasteiger partial charge on any atom is 0.0693 e. The van der Waals surface area contributed by atoms with E-state index in [0.717, 1.165) is 19.3 Å². The Balaban J connectivity index is 1.95. The Morgan fingerprint density at radius 1 is 1.53 bits per heavy atom. The molecular weight excluding hydrogens is 188 g/mol. The second-order valence-electron chi connectivity index (χ2n) is 4.28. The quantitative estimate of drug-likeness (QED) is 0.790. The molecule has 0 saturated heterocycles. The number of nitrogens with zero attached hydrogens (tertiary/aromatic N) is 1. The lowest BCUT2D eigenvalue weighted by Gasteiger charge is -2.22. The molecule has 2 N–H and O–H groups in total. The van der Waals surface area contributed by atoms with Gasteiger partial charge in [0, 0.05) is 24.5 Å². The van der Waals surface area contributed by atoms with Crippen molar-refractivity contribution in [2.75, 3.05) is 0 Å². The smallest absolute Gasteiger partial charge is 0.0693 e. The molecule has 0 spiro atoms. The van der Waals surface area contributed by atoms with E-state index in [0.29, 0.717) is 0 Å². The number of nitrogens with one attached hydrogen (secondary N) is 1. The van der Waals surface area contributed by atoms with Gasteiger partial charge in [0.25, 0.3) is 0 Å². The summed E-state index contributed by atoms with van der Waals surface area (Å²) in [6.45, 7) is 2.11. The molecule has 1 aliphatic carbocycles. The summed E-state index contributed by atoms with van der Waals surface area (Å²) in [5.41, 5.74) is 1.18. The molecule has 1 heterocycles. The number of aliphatic hydroxyl groups excluding tert-OH is 1. The monoisotopic (exact) mass is 206 g/mol. The van der Waals surface area contributed by atoms with E-state index in [2.05, 4.69) is 23.3 Å². The average molecular weight is 206 g/mol. The van der Waals surface area contributed by atoms with Crippen LogP contribution in [0, 0.1) is 0 Å². The fraction of sp³-hybridized carbons (Fsp3) is 0.583. The third-order valence-corrected chi connectivity index (χ3v) is 3.13. The fourth-order valence-corrected chi connectivity index (χ4v) is 2.18. The van der Waals surface area contributed by atoms with Crippen LogP contribution in [-0.2, 0) is 0 Å². The zero-order valence-electron chi connectivity index (χ0n) is 9.06. The van der Waals surface area contributed by atoms with Crippen LogP contribution in [0.4, 0.5) is 0 Å². The molecule has 15 heavy (non-hydrogen) atoms. The van der Waals surface area contributed by atoms with Gasteiger partial charge in [0.1, 0.15) is 0 Å². The SMILES string of the molecule is CC(N[C@@H]1CCC[C@H]1O)c1cccnc1. The zero-order valence-corrected chi connectivity index (χ0v) is 9.06. The Morgan fingerprint density at radius 2 is 2.40 bits per heavy atom. The van der Waals surface area contributed by atoms with Gasteiger partial charge in [-0.15, -0.1) is 0 Å². The lowest BCUT2D eigenvalue weighted by Crippen LogP contribution is -2.37. The van der Waals surface area contributed by atoms with E-state index >= 15 is 0 Å². The minimum Gasteiger partial charge on any atom is -0.392 e. The minimum absolute atomic E-state index is 0.177. The molecule has 0 aromatic carbocycles. The van der Waals surface area contributed by atoms with Crippen LogP contribution in [0.2, 0.25) is 0 Å². The molecule has 3 heteroatoms. The number of rotatable bonds is 3. The van der Waals surface area contributed by atoms with Gasteiger partial charge in [0.2, 0.25) is 0 Å². The molecule has 1 aromatic rings. The van der Waals surface area contributed by atoms with E-state index in [9.17, 15) is 5.11 Å². The first-order valence-electron chi connectivity index (χ1n) is 5.61. The van der Waals surface area contributed by atoms with Crippen molar-refractivity contribution < 1.29 is 5.11 Å². The third-order valence-electron chi connectivity index (χ3n) is 3.13. The van der Waals surface area contributed by atoms with Gasteiger partial charge in [-0.1, -0.05) is 6.07 Å². The summed E-state index contributed by atoms with van der Waals surface area (Å²) in [4.78, 5) is 4.10. The Bertz CT molecular complexity index is 302. The largest absolute Gasteiger partial charge is 0.392 e. The number of hydrogen-bond acceptors (Lipinski definition) is 3. The minimum atomic E-state index is -0.177. The van der Waals surface area contributed by atoms with E-state index < -0.39 is 0 Å². The number of aliphatic hydroxyl groups is 1. The molecule has 1 unspecified atom stereocenters. The van der Waals surface area contributed by atoms with Crippen molar-refractivity contribution in [1.29, 1.82) is 0 Å². The zero-order chi connectivity index (χ0) is 10.7. The van der Waals surface area contributed by atoms with Gasteiger partial charge in [-0.05, 0) is 37.8 Å². The summed E-state index contributed by atoms with van der Waals surface area (Å²) in [5.74, 6) is 0. The lowest BCUT2D eigenvalue weighted by molar-refractivity contribution is 0.144. The molecule has 0 radical (unpaired) electrons. The van der Waals surface area contributed by atoms with Crippen molar-refractivity contribution in [2.24, 2.45) is 0 Å². The summed E-state index contributed by atoms with van der Waals surface area (Å²) >= 11 is 0. The lowest BCUT2D eigenvalue weighted by atomic mass is 10.1. The van der Waals surface area contributed by atoms with Crippen LogP contribution in [0.15, 0.2) is 24.5 Å². The molecule has 3 atom stereocenters. The van der Waals surface area contributed by atoms with Crippen LogP contribution in [0.3, 0.4) is 0 Å². The second kappa shape index (κ2) is 4.73. The summed E-state index contributed by atoms with van der Waals surface area (Å²) in [6, 6.07) is 4.52. The summed E-state index contributed by atoms with van der Waals surface area (Å²) in [7, 11) is 0. The predicted octanol–water partition coefficient (Wildman–Crippen LogP) is 1.65. The van der Waals surface area contributed by atoms with E-state index in [1.807, 2.05) is 12.3 Å². The molecule has 1 aromatic heterocycles. The number of hydrogen-bond donors (Lipinski definition) is 2. The van der Waals surface area contributed by atoms with Crippen molar-refractivity contribution in [1.82, 2.24) is 10.3 Å². The summed E-state index contributed by atoms with van der Waals surface area (Å²) in [5, 5.41) is 13.2. The second-order valence-corrected chi connectivity index (χ2v) is 4.28. The maximum absolute atomic E-state index is 9.71. The molecule has 1 saturated carbocycles. The molecule has 0 aliphatic heterocycles. The standard InChI is InChI=1S/C12H18N2O/c1-9(10-4-3-7-13-8-10)14-11-5-2-6-12(11)15/h3-4,7-9,11-12,14-15H,2,5-6H2,1H3/t9?,11-,12-/m1/s1. The summed E-state index contributed by atoms with van der Waals surface area (Å²) < 4.78 is 0. The number of aromatic nitrogens is 1. The van der Waals surface area contributed by atoms with Gasteiger partial charge in [0.15, 0.2) is 0 Å².